The average molecular weight is 250 g/mol. The fourth-order valence-corrected chi connectivity index (χ4v) is 1.88. The van der Waals surface area contributed by atoms with Crippen LogP contribution in [0, 0.1) is 0 Å². The van der Waals surface area contributed by atoms with Gasteiger partial charge in [-0.05, 0) is 12.1 Å². The van der Waals surface area contributed by atoms with E-state index in [1.54, 1.807) is 24.4 Å². The van der Waals surface area contributed by atoms with Crippen molar-refractivity contribution >= 4 is 44.5 Å². The van der Waals surface area contributed by atoms with Crippen molar-refractivity contribution in [2.24, 2.45) is 0 Å². The molecular formula is C9H7AlN2O3S. The van der Waals surface area contributed by atoms with Gasteiger partial charge in [0.1, 0.15) is 0 Å². The number of benzene rings is 1. The second-order valence-corrected chi connectivity index (χ2v) is 3.95. The zero-order chi connectivity index (χ0) is 11.5. The van der Waals surface area contributed by atoms with E-state index in [4.69, 9.17) is 8.34 Å². The third-order valence-corrected chi connectivity index (χ3v) is 2.68. The van der Waals surface area contributed by atoms with Gasteiger partial charge in [0.15, 0.2) is 0 Å². The van der Waals surface area contributed by atoms with Crippen molar-refractivity contribution in [3.63, 3.8) is 0 Å². The smallest absolute Gasteiger partial charge is 0.482 e. The summed E-state index contributed by atoms with van der Waals surface area (Å²) in [6, 6.07) is 7.03. The van der Waals surface area contributed by atoms with Crippen LogP contribution in [0.1, 0.15) is 0 Å². The summed E-state index contributed by atoms with van der Waals surface area (Å²) in [6.07, 6.45) is 1.62. The molecule has 0 aliphatic heterocycles. The van der Waals surface area contributed by atoms with E-state index in [0.717, 1.165) is 5.39 Å². The van der Waals surface area contributed by atoms with Gasteiger partial charge in [0.25, 0.3) is 11.3 Å². The molecular weight excluding hydrogens is 243 g/mol. The maximum absolute atomic E-state index is 10.7. The monoisotopic (exact) mass is 250 g/mol. The van der Waals surface area contributed by atoms with Gasteiger partial charge in [0.05, 0.1) is 17.0 Å². The lowest BCUT2D eigenvalue weighted by Gasteiger charge is -2.09. The quantitative estimate of drug-likeness (QED) is 0.635. The molecule has 0 aliphatic carbocycles. The van der Waals surface area contributed by atoms with Crippen LogP contribution in [0.5, 0.6) is 5.75 Å². The van der Waals surface area contributed by atoms with Gasteiger partial charge >= 0.3 is 16.6 Å². The Balaban J connectivity index is 2.63. The van der Waals surface area contributed by atoms with Crippen LogP contribution in [-0.2, 0) is 11.3 Å². The van der Waals surface area contributed by atoms with E-state index in [1.807, 2.05) is 6.07 Å². The largest absolute Gasteiger partial charge is 0.654 e. The van der Waals surface area contributed by atoms with Crippen molar-refractivity contribution in [3.05, 3.63) is 30.5 Å². The molecule has 1 unspecified atom stereocenters. The minimum Gasteiger partial charge on any atom is -0.654 e. The Labute approximate surface area is 103 Å². The van der Waals surface area contributed by atoms with Crippen molar-refractivity contribution in [1.82, 2.24) is 4.98 Å². The molecule has 2 rings (SSSR count). The van der Waals surface area contributed by atoms with E-state index in [9.17, 15) is 4.21 Å². The van der Waals surface area contributed by atoms with Crippen molar-refractivity contribution < 1.29 is 12.6 Å². The van der Waals surface area contributed by atoms with Crippen LogP contribution in [0.15, 0.2) is 30.5 Å². The second-order valence-electron chi connectivity index (χ2n) is 3.02. The van der Waals surface area contributed by atoms with Crippen LogP contribution < -0.4 is 8.51 Å². The van der Waals surface area contributed by atoms with Crippen LogP contribution in [0.4, 0.5) is 5.69 Å². The predicted octanol–water partition coefficient (Wildman–Crippen LogP) is 1.25. The summed E-state index contributed by atoms with van der Waals surface area (Å²) in [4.78, 5) is 4.14. The van der Waals surface area contributed by atoms with Gasteiger partial charge in [-0.1, -0.05) is 6.07 Å². The molecule has 7 heteroatoms. The van der Waals surface area contributed by atoms with Gasteiger partial charge in [-0.15, -0.1) is 0 Å². The second kappa shape index (κ2) is 4.80. The summed E-state index contributed by atoms with van der Waals surface area (Å²) in [5, 5.41) is 0.829. The van der Waals surface area contributed by atoms with Crippen molar-refractivity contribution in [3.8, 4) is 5.75 Å². The first-order valence-corrected chi connectivity index (χ1v) is 5.91. The topological polar surface area (TPSA) is 71.5 Å². The Morgan fingerprint density at radius 3 is 3.00 bits per heavy atom. The van der Waals surface area contributed by atoms with Crippen molar-refractivity contribution in [2.75, 3.05) is 4.72 Å². The summed E-state index contributed by atoms with van der Waals surface area (Å²) in [5.41, 5.74) is 1.08. The van der Waals surface area contributed by atoms with Crippen LogP contribution in [-0.4, -0.2) is 30.4 Å². The number of pyridine rings is 1. The highest BCUT2D eigenvalue weighted by atomic mass is 32.2. The molecule has 5 nitrogen and oxygen atoms in total. The molecule has 2 aromatic rings. The molecule has 0 fully saturated rings. The number of anilines is 1. The Morgan fingerprint density at radius 2 is 2.31 bits per heavy atom. The molecule has 1 heterocycles. The molecule has 0 amide bonds. The zero-order valence-corrected chi connectivity index (χ0v) is 10.1. The van der Waals surface area contributed by atoms with Crippen LogP contribution in [0.2, 0.25) is 0 Å². The molecule has 0 aliphatic rings. The highest BCUT2D eigenvalue weighted by molar-refractivity contribution is 7.80. The maximum Gasteiger partial charge on any atom is 0.482 e. The third kappa shape index (κ3) is 2.34. The molecule has 2 N–H and O–H groups in total. The number of fused-ring (bicyclic) bond motifs is 1. The van der Waals surface area contributed by atoms with Crippen molar-refractivity contribution in [1.29, 1.82) is 0 Å². The Bertz CT molecular complexity index is 549. The van der Waals surface area contributed by atoms with Gasteiger partial charge in [-0.2, -0.15) is 0 Å². The SMILES string of the molecule is O=S(O)Nc1cc([O][Al])cc2cccnc12. The lowest BCUT2D eigenvalue weighted by molar-refractivity contribution is 0.570. The lowest BCUT2D eigenvalue weighted by atomic mass is 10.2. The first-order chi connectivity index (χ1) is 7.70. The number of nitrogens with zero attached hydrogens (tertiary/aromatic N) is 1. The zero-order valence-electron chi connectivity index (χ0n) is 8.08. The average Bonchev–Trinajstić information content (AvgIpc) is 2.28. The van der Waals surface area contributed by atoms with Gasteiger partial charge in [0.2, 0.25) is 0 Å². The molecule has 80 valence electrons. The number of hydrogen-bond acceptors (Lipinski definition) is 3. The molecule has 0 saturated heterocycles. The van der Waals surface area contributed by atoms with Gasteiger partial charge < -0.3 is 3.79 Å². The van der Waals surface area contributed by atoms with Gasteiger partial charge in [-0.25, -0.2) is 4.21 Å². The predicted molar refractivity (Wildman–Crippen MR) is 62.5 cm³/mol. The fraction of sp³-hybridized carbons (Fsp3) is 0. The molecule has 16 heavy (non-hydrogen) atoms. The Kier molecular flexibility index (Phi) is 3.41. The first kappa shape index (κ1) is 11.4. The summed E-state index contributed by atoms with van der Waals surface area (Å²) in [6.45, 7) is 0. The molecule has 1 aromatic carbocycles. The van der Waals surface area contributed by atoms with Crippen molar-refractivity contribution in [2.45, 2.75) is 0 Å². The normalized spacial score (nSPS) is 12.3. The summed E-state index contributed by atoms with van der Waals surface area (Å²) in [7, 11) is 0. The van der Waals surface area contributed by atoms with E-state index in [2.05, 4.69) is 26.3 Å². The molecule has 0 spiro atoms. The summed E-state index contributed by atoms with van der Waals surface area (Å²) < 4.78 is 27.0. The third-order valence-electron chi connectivity index (χ3n) is 2.01. The number of aromatic nitrogens is 1. The molecule has 1 aromatic heterocycles. The van der Waals surface area contributed by atoms with Gasteiger partial charge in [-0.3, -0.25) is 14.3 Å². The Morgan fingerprint density at radius 1 is 1.50 bits per heavy atom. The number of hydrogen-bond donors (Lipinski definition) is 2. The standard InChI is InChI=1S/C9H8N2O3S.Al/c12-7-4-6-2-1-3-10-9(6)8(5-7)11-15(13)14;/h1-5,11-12H,(H,13,14);/q;+1/p-1. The molecule has 0 saturated carbocycles. The van der Waals surface area contributed by atoms with Crippen LogP contribution in [0.3, 0.4) is 0 Å². The van der Waals surface area contributed by atoms with Gasteiger partial charge in [0, 0.05) is 17.6 Å². The minimum atomic E-state index is -2.14. The minimum absolute atomic E-state index is 0.455. The number of rotatable bonds is 3. The summed E-state index contributed by atoms with van der Waals surface area (Å²) >= 11 is -0.0104. The van der Waals surface area contributed by atoms with Crippen LogP contribution in [0.25, 0.3) is 10.9 Å². The molecule has 1 atom stereocenters. The highest BCUT2D eigenvalue weighted by Gasteiger charge is 2.06. The summed E-state index contributed by atoms with van der Waals surface area (Å²) in [5.74, 6) is 0.568. The number of nitrogens with one attached hydrogen (secondary N) is 1. The molecule has 2 radical (unpaired) electrons. The lowest BCUT2D eigenvalue weighted by Crippen LogP contribution is -2.03. The fourth-order valence-electron chi connectivity index (χ4n) is 1.40. The molecule has 0 bridgehead atoms. The van der Waals surface area contributed by atoms with E-state index in [-0.39, 0.29) is 0 Å². The van der Waals surface area contributed by atoms with E-state index in [1.165, 1.54) is 0 Å². The van der Waals surface area contributed by atoms with E-state index < -0.39 is 11.3 Å². The van der Waals surface area contributed by atoms with E-state index >= 15 is 0 Å². The van der Waals surface area contributed by atoms with Crippen LogP contribution >= 0.6 is 0 Å². The van der Waals surface area contributed by atoms with E-state index in [0.29, 0.717) is 17.0 Å². The first-order valence-electron chi connectivity index (χ1n) is 4.34. The highest BCUT2D eigenvalue weighted by Crippen LogP contribution is 2.27. The maximum atomic E-state index is 10.7. The Hall–Kier alpha value is -1.13.